The number of anilines is 2. The summed E-state index contributed by atoms with van der Waals surface area (Å²) in [6.07, 6.45) is 8.33. The average molecular weight is 758 g/mol. The number of phenols is 1. The molecule has 0 saturated carbocycles. The maximum Gasteiger partial charge on any atom is 0.123 e. The molecule has 0 saturated heterocycles. The van der Waals surface area contributed by atoms with Crippen molar-refractivity contribution in [2.45, 2.75) is 0 Å². The van der Waals surface area contributed by atoms with Crippen LogP contribution in [0.5, 0.6) is 5.75 Å². The van der Waals surface area contributed by atoms with Gasteiger partial charge in [-0.3, -0.25) is 0 Å². The van der Waals surface area contributed by atoms with Crippen LogP contribution in [0.25, 0.3) is 82.8 Å². The van der Waals surface area contributed by atoms with E-state index in [1.807, 2.05) is 18.2 Å². The molecule has 8 aromatic carbocycles. The molecule has 280 valence electrons. The van der Waals surface area contributed by atoms with Gasteiger partial charge in [-0.25, -0.2) is 0 Å². The quantitative estimate of drug-likeness (QED) is 0.190. The van der Waals surface area contributed by atoms with Crippen LogP contribution in [-0.4, -0.2) is 20.8 Å². The number of fused-ring (bicyclic) bond motifs is 7. The molecular formula is C55H39N3O. The van der Waals surface area contributed by atoms with Crippen LogP contribution < -0.4 is 4.90 Å². The van der Waals surface area contributed by atoms with Gasteiger partial charge in [0.2, 0.25) is 0 Å². The molecule has 1 aliphatic rings. The van der Waals surface area contributed by atoms with Crippen molar-refractivity contribution in [3.63, 3.8) is 0 Å². The molecule has 1 aliphatic heterocycles. The molecule has 0 unspecified atom stereocenters. The first-order chi connectivity index (χ1) is 29.1. The van der Waals surface area contributed by atoms with Crippen LogP contribution in [0.2, 0.25) is 0 Å². The number of aromatic hydroxyl groups is 1. The fourth-order valence-corrected chi connectivity index (χ4v) is 9.02. The molecule has 11 rings (SSSR count). The zero-order chi connectivity index (χ0) is 39.5. The van der Waals surface area contributed by atoms with Gasteiger partial charge in [-0.1, -0.05) is 134 Å². The molecule has 4 heteroatoms. The first kappa shape index (κ1) is 34.4. The summed E-state index contributed by atoms with van der Waals surface area (Å²) < 4.78 is 4.69. The minimum atomic E-state index is 0.236. The molecule has 10 aromatic rings. The maximum atomic E-state index is 11.4. The van der Waals surface area contributed by atoms with Gasteiger partial charge in [0.15, 0.2) is 0 Å². The predicted octanol–water partition coefficient (Wildman–Crippen LogP) is 14.2. The van der Waals surface area contributed by atoms with Crippen LogP contribution in [0.3, 0.4) is 0 Å². The van der Waals surface area contributed by atoms with Crippen LogP contribution in [-0.2, 0) is 0 Å². The van der Waals surface area contributed by atoms with E-state index in [-0.39, 0.29) is 5.75 Å². The first-order valence-electron chi connectivity index (χ1n) is 20.1. The number of rotatable bonds is 5. The molecular weight excluding hydrogens is 719 g/mol. The van der Waals surface area contributed by atoms with Crippen molar-refractivity contribution in [2.24, 2.45) is 0 Å². The third kappa shape index (κ3) is 5.76. The van der Waals surface area contributed by atoms with E-state index in [4.69, 9.17) is 0 Å². The van der Waals surface area contributed by atoms with Crippen LogP contribution in [0.1, 0.15) is 5.56 Å². The zero-order valence-electron chi connectivity index (χ0n) is 32.3. The Morgan fingerprint density at radius 3 is 1.75 bits per heavy atom. The van der Waals surface area contributed by atoms with E-state index < -0.39 is 0 Å². The summed E-state index contributed by atoms with van der Waals surface area (Å²) >= 11 is 0. The van der Waals surface area contributed by atoms with E-state index >= 15 is 0 Å². The van der Waals surface area contributed by atoms with E-state index in [1.54, 1.807) is 0 Å². The number of para-hydroxylation sites is 4. The smallest absolute Gasteiger partial charge is 0.123 e. The van der Waals surface area contributed by atoms with Gasteiger partial charge < -0.3 is 19.1 Å². The van der Waals surface area contributed by atoms with E-state index in [9.17, 15) is 5.11 Å². The van der Waals surface area contributed by atoms with Crippen molar-refractivity contribution >= 4 is 60.6 Å². The second-order valence-electron chi connectivity index (χ2n) is 15.2. The van der Waals surface area contributed by atoms with Gasteiger partial charge in [0.05, 0.1) is 22.1 Å². The highest BCUT2D eigenvalue weighted by molar-refractivity contribution is 6.11. The number of hydrogen-bond acceptors (Lipinski definition) is 2. The van der Waals surface area contributed by atoms with Gasteiger partial charge in [0.25, 0.3) is 0 Å². The minimum absolute atomic E-state index is 0.236. The standard InChI is InChI=1S/C55H39N3O/c1-37-15-3-2-12-32-56(50-24-8-4-20-44(37)50)41-18-14-17-40(34-41)48-36-43(29-31-55(48)59)58-53-27-11-7-23-47(53)49-35-39(28-30-54(49)58)38-16-13-19-42(33-38)57-51-25-9-5-21-45(51)46-22-6-10-26-52(46)57/h2-31,33-36,59H,1,32H2/b12-2-,15-3-. The summed E-state index contributed by atoms with van der Waals surface area (Å²) in [4.78, 5) is 2.30. The zero-order valence-corrected chi connectivity index (χ0v) is 32.3. The first-order valence-corrected chi connectivity index (χ1v) is 20.1. The number of benzene rings is 8. The molecule has 0 fully saturated rings. The summed E-state index contributed by atoms with van der Waals surface area (Å²) in [7, 11) is 0. The normalized spacial score (nSPS) is 14.0. The second kappa shape index (κ2) is 14.0. The highest BCUT2D eigenvalue weighted by atomic mass is 16.3. The van der Waals surface area contributed by atoms with Gasteiger partial charge >= 0.3 is 0 Å². The molecule has 0 atom stereocenters. The largest absolute Gasteiger partial charge is 0.507 e. The van der Waals surface area contributed by atoms with Crippen molar-refractivity contribution in [1.82, 2.24) is 9.13 Å². The van der Waals surface area contributed by atoms with Crippen LogP contribution in [0, 0.1) is 0 Å². The Morgan fingerprint density at radius 2 is 1.00 bits per heavy atom. The average Bonchev–Trinajstić information content (AvgIpc) is 3.82. The summed E-state index contributed by atoms with van der Waals surface area (Å²) in [5.41, 5.74) is 14.9. The van der Waals surface area contributed by atoms with Gasteiger partial charge in [0.1, 0.15) is 5.75 Å². The molecule has 3 heterocycles. The third-order valence-corrected chi connectivity index (χ3v) is 11.8. The lowest BCUT2D eigenvalue weighted by atomic mass is 10.0. The van der Waals surface area contributed by atoms with Crippen molar-refractivity contribution in [1.29, 1.82) is 0 Å². The number of phenolic OH excluding ortho intramolecular Hbond substituents is 1. The van der Waals surface area contributed by atoms with E-state index in [0.29, 0.717) is 6.54 Å². The van der Waals surface area contributed by atoms with Crippen molar-refractivity contribution in [2.75, 3.05) is 11.4 Å². The summed E-state index contributed by atoms with van der Waals surface area (Å²) in [5.74, 6) is 0.236. The highest BCUT2D eigenvalue weighted by Crippen LogP contribution is 2.41. The van der Waals surface area contributed by atoms with E-state index in [0.717, 1.165) is 67.2 Å². The Balaban J connectivity index is 1.01. The number of aromatic nitrogens is 2. The molecule has 0 spiro atoms. The number of allylic oxidation sites excluding steroid dienone is 4. The van der Waals surface area contributed by atoms with Crippen LogP contribution in [0.4, 0.5) is 11.4 Å². The summed E-state index contributed by atoms with van der Waals surface area (Å²) in [6, 6.07) is 64.4. The second-order valence-corrected chi connectivity index (χ2v) is 15.2. The lowest BCUT2D eigenvalue weighted by molar-refractivity contribution is 0.477. The summed E-state index contributed by atoms with van der Waals surface area (Å²) in [6.45, 7) is 5.04. The molecule has 1 N–H and O–H groups in total. The Kier molecular flexibility index (Phi) is 8.16. The van der Waals surface area contributed by atoms with Gasteiger partial charge in [0, 0.05) is 62.0 Å². The van der Waals surface area contributed by atoms with Crippen LogP contribution >= 0.6 is 0 Å². The Hall–Kier alpha value is -7.82. The molecule has 0 amide bonds. The van der Waals surface area contributed by atoms with Crippen molar-refractivity contribution < 1.29 is 5.11 Å². The van der Waals surface area contributed by atoms with Gasteiger partial charge in [-0.05, 0) is 101 Å². The van der Waals surface area contributed by atoms with Crippen LogP contribution in [0.15, 0.2) is 213 Å². The monoisotopic (exact) mass is 757 g/mol. The van der Waals surface area contributed by atoms with Gasteiger partial charge in [-0.15, -0.1) is 0 Å². The molecule has 4 nitrogen and oxygen atoms in total. The Labute approximate surface area is 342 Å². The lowest BCUT2D eigenvalue weighted by Crippen LogP contribution is -2.18. The predicted molar refractivity (Wildman–Crippen MR) is 248 cm³/mol. The van der Waals surface area contributed by atoms with Crippen molar-refractivity contribution in [3.8, 4) is 39.4 Å². The molecule has 0 radical (unpaired) electrons. The van der Waals surface area contributed by atoms with Crippen molar-refractivity contribution in [3.05, 3.63) is 218 Å². The lowest BCUT2D eigenvalue weighted by Gasteiger charge is -2.27. The Morgan fingerprint density at radius 1 is 0.424 bits per heavy atom. The molecule has 0 bridgehead atoms. The van der Waals surface area contributed by atoms with E-state index in [1.165, 1.54) is 32.6 Å². The SMILES string of the molecule is C=C1/C=C\C=C/CN(c2cccc(-c3cc(-n4c5ccccc5c5cc(-c6cccc(-n7c8ccccc8c8ccccc87)c6)ccc54)ccc3O)c2)c2ccccc21. The number of hydrogen-bond donors (Lipinski definition) is 1. The number of nitrogens with zero attached hydrogens (tertiary/aromatic N) is 3. The van der Waals surface area contributed by atoms with Gasteiger partial charge in [-0.2, -0.15) is 0 Å². The van der Waals surface area contributed by atoms with E-state index in [2.05, 4.69) is 209 Å². The molecule has 2 aromatic heterocycles. The topological polar surface area (TPSA) is 33.3 Å². The maximum absolute atomic E-state index is 11.4. The minimum Gasteiger partial charge on any atom is -0.507 e. The summed E-state index contributed by atoms with van der Waals surface area (Å²) in [5, 5.41) is 16.3. The third-order valence-electron chi connectivity index (χ3n) is 11.8. The molecule has 0 aliphatic carbocycles. The highest BCUT2D eigenvalue weighted by Gasteiger charge is 2.19. The molecule has 59 heavy (non-hydrogen) atoms. The fourth-order valence-electron chi connectivity index (χ4n) is 9.02. The Bertz CT molecular complexity index is 3300. The fraction of sp³-hybridized carbons (Fsp3) is 0.0182.